The topological polar surface area (TPSA) is 55.5 Å². The third-order valence-electron chi connectivity index (χ3n) is 2.57. The summed E-state index contributed by atoms with van der Waals surface area (Å²) in [5, 5.41) is 11.2. The van der Waals surface area contributed by atoms with E-state index in [-0.39, 0.29) is 5.69 Å². The fourth-order valence-corrected chi connectivity index (χ4v) is 1.78. The van der Waals surface area contributed by atoms with Gasteiger partial charge in [-0.2, -0.15) is 0 Å². The van der Waals surface area contributed by atoms with Crippen LogP contribution in [0.4, 0.5) is 5.69 Å². The van der Waals surface area contributed by atoms with Crippen LogP contribution in [0.5, 0.6) is 0 Å². The number of hydrogen-bond donors (Lipinski definition) is 0. The van der Waals surface area contributed by atoms with Crippen LogP contribution in [0.3, 0.4) is 0 Å². The maximum Gasteiger partial charge on any atom is 0.269 e. The molecular weight excluding hydrogens is 288 g/mol. The molecule has 0 amide bonds. The number of aliphatic imine (C=N–C) groups is 1. The molecule has 0 saturated carbocycles. The Labute approximate surface area is 127 Å². The van der Waals surface area contributed by atoms with E-state index in [1.807, 2.05) is 12.1 Å². The number of non-ortho nitro benzene ring substituents is 1. The first kappa shape index (κ1) is 14.8. The van der Waals surface area contributed by atoms with E-state index in [4.69, 9.17) is 11.6 Å². The number of hydrogen-bond acceptors (Lipinski definition) is 3. The van der Waals surface area contributed by atoms with E-state index in [0.717, 1.165) is 11.1 Å². The van der Waals surface area contributed by atoms with E-state index in [2.05, 4.69) is 16.8 Å². The van der Waals surface area contributed by atoms with E-state index in [9.17, 15) is 10.1 Å². The molecule has 0 aliphatic heterocycles. The summed E-state index contributed by atoms with van der Waals surface area (Å²) >= 11 is 5.85. The van der Waals surface area contributed by atoms with Gasteiger partial charge < -0.3 is 0 Å². The van der Waals surface area contributed by atoms with Gasteiger partial charge in [-0.1, -0.05) is 29.5 Å². The van der Waals surface area contributed by atoms with Gasteiger partial charge in [-0.25, -0.2) is 0 Å². The summed E-state index contributed by atoms with van der Waals surface area (Å²) < 4.78 is 0. The Morgan fingerprint density at radius 3 is 2.67 bits per heavy atom. The lowest BCUT2D eigenvalue weighted by atomic mass is 10.2. The molecule has 0 aliphatic carbocycles. The van der Waals surface area contributed by atoms with Crippen molar-refractivity contribution in [3.8, 4) is 11.8 Å². The summed E-state index contributed by atoms with van der Waals surface area (Å²) in [6.45, 7) is 0.351. The third-order valence-corrected chi connectivity index (χ3v) is 2.81. The number of rotatable bonds is 3. The van der Waals surface area contributed by atoms with Gasteiger partial charge in [-0.3, -0.25) is 15.1 Å². The second-order valence-corrected chi connectivity index (χ2v) is 4.57. The average Bonchev–Trinajstić information content (AvgIpc) is 2.47. The second kappa shape index (κ2) is 7.22. The lowest BCUT2D eigenvalue weighted by Gasteiger charge is -1.92. The SMILES string of the molecule is O=[N+]([O-])c1ccc(C=NCC#Cc2cccc(Cl)c2)cc1. The fourth-order valence-electron chi connectivity index (χ4n) is 1.59. The molecule has 0 saturated heterocycles. The number of nitrogens with zero attached hydrogens (tertiary/aromatic N) is 2. The number of nitro groups is 1. The van der Waals surface area contributed by atoms with Gasteiger partial charge in [0, 0.05) is 28.9 Å². The Hall–Kier alpha value is -2.64. The van der Waals surface area contributed by atoms with Gasteiger partial charge in [0.2, 0.25) is 0 Å². The minimum absolute atomic E-state index is 0.0629. The van der Waals surface area contributed by atoms with Crippen molar-refractivity contribution in [2.24, 2.45) is 4.99 Å². The van der Waals surface area contributed by atoms with Gasteiger partial charge in [-0.15, -0.1) is 0 Å². The fraction of sp³-hybridized carbons (Fsp3) is 0.0625. The number of halogens is 1. The van der Waals surface area contributed by atoms with Crippen LogP contribution >= 0.6 is 11.6 Å². The van der Waals surface area contributed by atoms with Crippen LogP contribution in [0.2, 0.25) is 5.02 Å². The summed E-state index contributed by atoms with van der Waals surface area (Å²) in [7, 11) is 0. The van der Waals surface area contributed by atoms with Crippen LogP contribution in [0.1, 0.15) is 11.1 Å². The molecule has 0 N–H and O–H groups in total. The molecule has 0 fully saturated rings. The molecule has 104 valence electrons. The predicted molar refractivity (Wildman–Crippen MR) is 83.9 cm³/mol. The van der Waals surface area contributed by atoms with Crippen molar-refractivity contribution in [1.29, 1.82) is 0 Å². The zero-order valence-electron chi connectivity index (χ0n) is 11.0. The van der Waals surface area contributed by atoms with Gasteiger partial charge in [-0.05, 0) is 35.9 Å². The standard InChI is InChI=1S/C16H11ClN2O2/c17-15-5-1-3-13(11-15)4-2-10-18-12-14-6-8-16(9-7-14)19(20)21/h1,3,5-9,11-12H,10H2. The molecule has 0 aliphatic rings. The molecule has 2 rings (SSSR count). The molecule has 0 heterocycles. The Morgan fingerprint density at radius 1 is 1.24 bits per heavy atom. The van der Waals surface area contributed by atoms with E-state index in [0.29, 0.717) is 11.6 Å². The van der Waals surface area contributed by atoms with Crippen LogP contribution in [-0.4, -0.2) is 17.7 Å². The molecule has 0 atom stereocenters. The lowest BCUT2D eigenvalue weighted by molar-refractivity contribution is -0.384. The smallest absolute Gasteiger partial charge is 0.269 e. The maximum atomic E-state index is 10.5. The molecule has 0 bridgehead atoms. The Morgan fingerprint density at radius 2 is 2.00 bits per heavy atom. The van der Waals surface area contributed by atoms with Gasteiger partial charge >= 0.3 is 0 Å². The molecule has 21 heavy (non-hydrogen) atoms. The highest BCUT2D eigenvalue weighted by Gasteiger charge is 2.01. The third kappa shape index (κ3) is 4.75. The van der Waals surface area contributed by atoms with Crippen molar-refractivity contribution in [3.05, 3.63) is 74.8 Å². The lowest BCUT2D eigenvalue weighted by Crippen LogP contribution is -1.88. The van der Waals surface area contributed by atoms with Crippen LogP contribution in [0, 0.1) is 22.0 Å². The minimum atomic E-state index is -0.433. The molecule has 5 heteroatoms. The first-order chi connectivity index (χ1) is 10.1. The molecule has 0 aromatic heterocycles. The monoisotopic (exact) mass is 298 g/mol. The van der Waals surface area contributed by atoms with E-state index in [1.54, 1.807) is 30.5 Å². The molecule has 0 unspecified atom stereocenters. The summed E-state index contributed by atoms with van der Waals surface area (Å²) in [6, 6.07) is 13.5. The highest BCUT2D eigenvalue weighted by atomic mass is 35.5. The summed E-state index contributed by atoms with van der Waals surface area (Å²) in [5.74, 6) is 5.87. The molecular formula is C16H11ClN2O2. The molecule has 2 aromatic rings. The Kier molecular flexibility index (Phi) is 5.08. The summed E-state index contributed by atoms with van der Waals surface area (Å²) in [6.07, 6.45) is 1.64. The van der Waals surface area contributed by atoms with Crippen molar-refractivity contribution < 1.29 is 4.92 Å². The number of nitro benzene ring substituents is 1. The number of benzene rings is 2. The van der Waals surface area contributed by atoms with Crippen molar-refractivity contribution >= 4 is 23.5 Å². The van der Waals surface area contributed by atoms with Crippen molar-refractivity contribution in [1.82, 2.24) is 0 Å². The van der Waals surface area contributed by atoms with Crippen molar-refractivity contribution in [3.63, 3.8) is 0 Å². The zero-order valence-corrected chi connectivity index (χ0v) is 11.7. The summed E-state index contributed by atoms with van der Waals surface area (Å²) in [5.41, 5.74) is 1.70. The van der Waals surface area contributed by atoms with Gasteiger partial charge in [0.1, 0.15) is 6.54 Å². The minimum Gasteiger partial charge on any atom is -0.280 e. The maximum absolute atomic E-state index is 10.5. The van der Waals surface area contributed by atoms with E-state index in [1.165, 1.54) is 12.1 Å². The first-order valence-electron chi connectivity index (χ1n) is 6.14. The first-order valence-corrected chi connectivity index (χ1v) is 6.52. The summed E-state index contributed by atoms with van der Waals surface area (Å²) in [4.78, 5) is 14.2. The van der Waals surface area contributed by atoms with Crippen molar-refractivity contribution in [2.45, 2.75) is 0 Å². The highest BCUT2D eigenvalue weighted by molar-refractivity contribution is 6.30. The van der Waals surface area contributed by atoms with Crippen LogP contribution in [-0.2, 0) is 0 Å². The normalized spacial score (nSPS) is 10.1. The molecule has 2 aromatic carbocycles. The van der Waals surface area contributed by atoms with Crippen LogP contribution < -0.4 is 0 Å². The predicted octanol–water partition coefficient (Wildman–Crippen LogP) is 3.72. The zero-order chi connectivity index (χ0) is 15.1. The van der Waals surface area contributed by atoms with Gasteiger partial charge in [0.05, 0.1) is 4.92 Å². The van der Waals surface area contributed by atoms with Crippen LogP contribution in [0.15, 0.2) is 53.5 Å². The van der Waals surface area contributed by atoms with E-state index >= 15 is 0 Å². The highest BCUT2D eigenvalue weighted by Crippen LogP contribution is 2.10. The van der Waals surface area contributed by atoms with Crippen LogP contribution in [0.25, 0.3) is 0 Å². The Balaban J connectivity index is 1.93. The largest absolute Gasteiger partial charge is 0.280 e. The van der Waals surface area contributed by atoms with E-state index < -0.39 is 4.92 Å². The quantitative estimate of drug-likeness (QED) is 0.375. The van der Waals surface area contributed by atoms with Gasteiger partial charge in [0.15, 0.2) is 0 Å². The average molecular weight is 299 g/mol. The Bertz CT molecular complexity index is 728. The molecule has 0 spiro atoms. The molecule has 4 nitrogen and oxygen atoms in total. The van der Waals surface area contributed by atoms with Crippen molar-refractivity contribution in [2.75, 3.05) is 6.54 Å². The molecule has 0 radical (unpaired) electrons. The second-order valence-electron chi connectivity index (χ2n) is 4.13. The van der Waals surface area contributed by atoms with Gasteiger partial charge in [0.25, 0.3) is 5.69 Å².